The van der Waals surface area contributed by atoms with Gasteiger partial charge in [-0.05, 0) is 25.2 Å². The van der Waals surface area contributed by atoms with Gasteiger partial charge in [-0.3, -0.25) is 9.59 Å². The Hall–Kier alpha value is -1.06. The van der Waals surface area contributed by atoms with E-state index in [2.05, 4.69) is 5.32 Å². The van der Waals surface area contributed by atoms with Crippen LogP contribution in [0.15, 0.2) is 0 Å². The molecule has 0 aromatic heterocycles. The predicted molar refractivity (Wildman–Crippen MR) is 49.7 cm³/mol. The molecule has 1 atom stereocenters. The number of carbonyl (C=O) groups excluding carboxylic acids is 1. The number of nitrogens with one attached hydrogen (secondary N) is 1. The maximum absolute atomic E-state index is 11.2. The lowest BCUT2D eigenvalue weighted by molar-refractivity contribution is -0.161. The number of hydrogen-bond donors (Lipinski definition) is 2. The summed E-state index contributed by atoms with van der Waals surface area (Å²) in [6.45, 7) is 0.547. The van der Waals surface area contributed by atoms with Crippen LogP contribution in [-0.4, -0.2) is 23.5 Å². The van der Waals surface area contributed by atoms with E-state index in [1.165, 1.54) is 0 Å². The van der Waals surface area contributed by atoms with Crippen LogP contribution in [0, 0.1) is 11.3 Å². The summed E-state index contributed by atoms with van der Waals surface area (Å²) in [5, 5.41) is 11.9. The van der Waals surface area contributed by atoms with Crippen LogP contribution in [0.1, 0.15) is 32.1 Å². The molecular weight excluding hydrogens is 182 g/mol. The van der Waals surface area contributed by atoms with Gasteiger partial charge in [-0.2, -0.15) is 0 Å². The summed E-state index contributed by atoms with van der Waals surface area (Å²) in [4.78, 5) is 22.1. The van der Waals surface area contributed by atoms with Gasteiger partial charge in [0.25, 0.3) is 0 Å². The Morgan fingerprint density at radius 1 is 1.50 bits per heavy atom. The quantitative estimate of drug-likeness (QED) is 0.687. The Bertz CT molecular complexity index is 261. The predicted octanol–water partition coefficient (Wildman–Crippen LogP) is 0.767. The summed E-state index contributed by atoms with van der Waals surface area (Å²) in [5.74, 6) is -0.475. The molecular formula is C10H15NO3. The van der Waals surface area contributed by atoms with Gasteiger partial charge >= 0.3 is 5.97 Å². The third kappa shape index (κ3) is 1.29. The van der Waals surface area contributed by atoms with Crippen LogP contribution in [0.3, 0.4) is 0 Å². The molecule has 0 radical (unpaired) electrons. The molecule has 4 heteroatoms. The first-order valence-electron chi connectivity index (χ1n) is 5.15. The molecule has 0 bridgehead atoms. The number of piperidine rings is 1. The molecule has 1 amide bonds. The number of carboxylic acid groups (broad SMARTS) is 1. The average molecular weight is 197 g/mol. The van der Waals surface area contributed by atoms with Crippen LogP contribution in [0.5, 0.6) is 0 Å². The minimum absolute atomic E-state index is 0.0566. The summed E-state index contributed by atoms with van der Waals surface area (Å²) < 4.78 is 0. The van der Waals surface area contributed by atoms with Crippen molar-refractivity contribution in [1.29, 1.82) is 0 Å². The van der Waals surface area contributed by atoms with Crippen molar-refractivity contribution in [2.75, 3.05) is 6.54 Å². The topological polar surface area (TPSA) is 66.4 Å². The van der Waals surface area contributed by atoms with E-state index in [1.54, 1.807) is 0 Å². The molecule has 1 heterocycles. The monoisotopic (exact) mass is 197 g/mol. The SMILES string of the molecule is O=C1CCC(C2(C(=O)O)CCC2)CN1. The number of hydrogen-bond acceptors (Lipinski definition) is 2. The molecule has 78 valence electrons. The van der Waals surface area contributed by atoms with E-state index >= 15 is 0 Å². The van der Waals surface area contributed by atoms with Crippen LogP contribution in [0.2, 0.25) is 0 Å². The molecule has 4 nitrogen and oxygen atoms in total. The summed E-state index contributed by atoms with van der Waals surface area (Å²) in [7, 11) is 0. The van der Waals surface area contributed by atoms with Crippen molar-refractivity contribution < 1.29 is 14.7 Å². The smallest absolute Gasteiger partial charge is 0.309 e. The van der Waals surface area contributed by atoms with E-state index in [9.17, 15) is 14.7 Å². The summed E-state index contributed by atoms with van der Waals surface area (Å²) in [6, 6.07) is 0. The van der Waals surface area contributed by atoms with Gasteiger partial charge < -0.3 is 10.4 Å². The van der Waals surface area contributed by atoms with Crippen LogP contribution in [0.25, 0.3) is 0 Å². The summed E-state index contributed by atoms with van der Waals surface area (Å²) in [5.41, 5.74) is -0.520. The first-order valence-corrected chi connectivity index (χ1v) is 5.15. The van der Waals surface area contributed by atoms with Crippen molar-refractivity contribution in [3.8, 4) is 0 Å². The highest BCUT2D eigenvalue weighted by Gasteiger charge is 2.50. The fourth-order valence-corrected chi connectivity index (χ4v) is 2.56. The van der Waals surface area contributed by atoms with E-state index < -0.39 is 11.4 Å². The second kappa shape index (κ2) is 3.26. The number of rotatable bonds is 2. The van der Waals surface area contributed by atoms with Crippen LogP contribution < -0.4 is 5.32 Å². The van der Waals surface area contributed by atoms with Crippen molar-refractivity contribution in [1.82, 2.24) is 5.32 Å². The highest BCUT2D eigenvalue weighted by Crippen LogP contribution is 2.49. The molecule has 2 rings (SSSR count). The first kappa shape index (κ1) is 9.49. The van der Waals surface area contributed by atoms with Gasteiger partial charge in [-0.1, -0.05) is 6.42 Å². The summed E-state index contributed by atoms with van der Waals surface area (Å²) in [6.07, 6.45) is 3.79. The van der Waals surface area contributed by atoms with Crippen LogP contribution in [0.4, 0.5) is 0 Å². The number of carbonyl (C=O) groups is 2. The lowest BCUT2D eigenvalue weighted by Gasteiger charge is -2.45. The van der Waals surface area contributed by atoms with Gasteiger partial charge in [0.1, 0.15) is 0 Å². The second-order valence-corrected chi connectivity index (χ2v) is 4.35. The van der Waals surface area contributed by atoms with Crippen LogP contribution >= 0.6 is 0 Å². The molecule has 1 saturated carbocycles. The third-order valence-electron chi connectivity index (χ3n) is 3.72. The lowest BCUT2D eigenvalue weighted by atomic mass is 9.59. The molecule has 1 aliphatic heterocycles. The Morgan fingerprint density at radius 2 is 2.21 bits per heavy atom. The van der Waals surface area contributed by atoms with Crippen molar-refractivity contribution in [3.63, 3.8) is 0 Å². The molecule has 1 unspecified atom stereocenters. The van der Waals surface area contributed by atoms with Gasteiger partial charge in [0.15, 0.2) is 0 Å². The Morgan fingerprint density at radius 3 is 2.57 bits per heavy atom. The maximum atomic E-state index is 11.2. The van der Waals surface area contributed by atoms with E-state index in [4.69, 9.17) is 0 Å². The average Bonchev–Trinajstić information content (AvgIpc) is 2.05. The Balaban J connectivity index is 2.06. The van der Waals surface area contributed by atoms with Crippen molar-refractivity contribution >= 4 is 11.9 Å². The Labute approximate surface area is 82.7 Å². The van der Waals surface area contributed by atoms with Gasteiger partial charge in [0, 0.05) is 13.0 Å². The normalized spacial score (nSPS) is 30.3. The zero-order chi connectivity index (χ0) is 10.2. The zero-order valence-corrected chi connectivity index (χ0v) is 8.08. The first-order chi connectivity index (χ1) is 6.65. The molecule has 14 heavy (non-hydrogen) atoms. The van der Waals surface area contributed by atoms with Gasteiger partial charge in [-0.15, -0.1) is 0 Å². The lowest BCUT2D eigenvalue weighted by Crippen LogP contribution is -2.51. The molecule has 0 spiro atoms. The molecule has 0 aromatic carbocycles. The standard InChI is InChI=1S/C10H15NO3/c12-8-3-2-7(6-11-8)10(9(13)14)4-1-5-10/h7H,1-6H2,(H,11,12)(H,13,14). The van der Waals surface area contributed by atoms with Crippen molar-refractivity contribution in [2.45, 2.75) is 32.1 Å². The fraction of sp³-hybridized carbons (Fsp3) is 0.800. The molecule has 2 aliphatic rings. The number of carboxylic acids is 1. The summed E-state index contributed by atoms with van der Waals surface area (Å²) >= 11 is 0. The second-order valence-electron chi connectivity index (χ2n) is 4.35. The van der Waals surface area contributed by atoms with Crippen molar-refractivity contribution in [3.05, 3.63) is 0 Å². The van der Waals surface area contributed by atoms with Crippen molar-refractivity contribution in [2.24, 2.45) is 11.3 Å². The minimum atomic E-state index is -0.676. The van der Waals surface area contributed by atoms with E-state index in [-0.39, 0.29) is 11.8 Å². The highest BCUT2D eigenvalue weighted by atomic mass is 16.4. The van der Waals surface area contributed by atoms with Gasteiger partial charge in [0.05, 0.1) is 5.41 Å². The third-order valence-corrected chi connectivity index (χ3v) is 3.72. The molecule has 2 fully saturated rings. The van der Waals surface area contributed by atoms with Gasteiger partial charge in [-0.25, -0.2) is 0 Å². The van der Waals surface area contributed by atoms with E-state index in [1.807, 2.05) is 0 Å². The van der Waals surface area contributed by atoms with Gasteiger partial charge in [0.2, 0.25) is 5.91 Å². The molecule has 1 aliphatic carbocycles. The molecule has 1 saturated heterocycles. The number of aliphatic carboxylic acids is 1. The number of amides is 1. The molecule has 0 aromatic rings. The largest absolute Gasteiger partial charge is 0.481 e. The van der Waals surface area contributed by atoms with E-state index in [0.29, 0.717) is 13.0 Å². The maximum Gasteiger partial charge on any atom is 0.309 e. The zero-order valence-electron chi connectivity index (χ0n) is 8.08. The Kier molecular flexibility index (Phi) is 2.21. The fourth-order valence-electron chi connectivity index (χ4n) is 2.56. The molecule has 2 N–H and O–H groups in total. The minimum Gasteiger partial charge on any atom is -0.481 e. The highest BCUT2D eigenvalue weighted by molar-refractivity contribution is 5.79. The van der Waals surface area contributed by atoms with Crippen LogP contribution in [-0.2, 0) is 9.59 Å². The van der Waals surface area contributed by atoms with E-state index in [0.717, 1.165) is 25.7 Å².